The van der Waals surface area contributed by atoms with Gasteiger partial charge in [-0.05, 0) is 44.2 Å². The van der Waals surface area contributed by atoms with Crippen LogP contribution in [0.1, 0.15) is 36.0 Å². The van der Waals surface area contributed by atoms with Crippen LogP contribution >= 0.6 is 12.4 Å². The average Bonchev–Trinajstić information content (AvgIpc) is 2.63. The molecular formula is C18H27ClN2O3. The van der Waals surface area contributed by atoms with Gasteiger partial charge in [-0.3, -0.25) is 4.79 Å². The van der Waals surface area contributed by atoms with Gasteiger partial charge in [-0.2, -0.15) is 0 Å². The van der Waals surface area contributed by atoms with E-state index in [4.69, 9.17) is 9.47 Å². The van der Waals surface area contributed by atoms with Crippen LogP contribution in [0.25, 0.3) is 0 Å². The molecule has 134 valence electrons. The lowest BCUT2D eigenvalue weighted by Gasteiger charge is -2.32. The van der Waals surface area contributed by atoms with E-state index in [1.165, 1.54) is 0 Å². The van der Waals surface area contributed by atoms with E-state index in [1.807, 2.05) is 36.2 Å². The molecule has 2 saturated heterocycles. The Morgan fingerprint density at radius 3 is 2.58 bits per heavy atom. The highest BCUT2D eigenvalue weighted by Gasteiger charge is 2.23. The third kappa shape index (κ3) is 4.85. The lowest BCUT2D eigenvalue weighted by atomic mass is 10.0. The van der Waals surface area contributed by atoms with Crippen molar-refractivity contribution in [3.05, 3.63) is 29.8 Å². The van der Waals surface area contributed by atoms with E-state index in [1.54, 1.807) is 0 Å². The van der Waals surface area contributed by atoms with Crippen LogP contribution in [0.5, 0.6) is 5.75 Å². The molecule has 1 atom stereocenters. The number of hydrogen-bond donors (Lipinski definition) is 1. The Labute approximate surface area is 150 Å². The Hall–Kier alpha value is -1.30. The van der Waals surface area contributed by atoms with Crippen molar-refractivity contribution in [2.24, 2.45) is 0 Å². The molecule has 3 rings (SSSR count). The van der Waals surface area contributed by atoms with E-state index in [0.717, 1.165) is 63.3 Å². The van der Waals surface area contributed by atoms with Crippen LogP contribution in [0.15, 0.2) is 24.3 Å². The molecule has 1 aromatic carbocycles. The molecule has 0 saturated carbocycles. The van der Waals surface area contributed by atoms with E-state index in [0.29, 0.717) is 6.04 Å². The second-order valence-corrected chi connectivity index (χ2v) is 6.33. The number of ether oxygens (including phenoxy) is 2. The maximum atomic E-state index is 12.6. The maximum absolute atomic E-state index is 12.6. The summed E-state index contributed by atoms with van der Waals surface area (Å²) in [6.45, 7) is 3.17. The van der Waals surface area contributed by atoms with E-state index in [2.05, 4.69) is 5.32 Å². The first-order valence-corrected chi connectivity index (χ1v) is 8.57. The second kappa shape index (κ2) is 9.25. The number of carbonyl (C=O) groups is 1. The van der Waals surface area contributed by atoms with Gasteiger partial charge in [-0.1, -0.05) is 0 Å². The summed E-state index contributed by atoms with van der Waals surface area (Å²) in [4.78, 5) is 14.5. The van der Waals surface area contributed by atoms with Gasteiger partial charge in [0.05, 0.1) is 13.2 Å². The Bertz CT molecular complexity index is 518. The van der Waals surface area contributed by atoms with Gasteiger partial charge in [0.2, 0.25) is 0 Å². The third-order valence-corrected chi connectivity index (χ3v) is 4.69. The van der Waals surface area contributed by atoms with Crippen molar-refractivity contribution in [3.8, 4) is 5.75 Å². The van der Waals surface area contributed by atoms with Crippen LogP contribution in [0.3, 0.4) is 0 Å². The summed E-state index contributed by atoms with van der Waals surface area (Å²) in [6, 6.07) is 7.97. The van der Waals surface area contributed by atoms with Gasteiger partial charge < -0.3 is 19.7 Å². The van der Waals surface area contributed by atoms with Crippen LogP contribution < -0.4 is 10.1 Å². The number of halogens is 1. The second-order valence-electron chi connectivity index (χ2n) is 6.33. The number of rotatable bonds is 4. The number of piperidine rings is 1. The van der Waals surface area contributed by atoms with Gasteiger partial charge in [0.25, 0.3) is 5.91 Å². The van der Waals surface area contributed by atoms with Gasteiger partial charge in [-0.15, -0.1) is 12.4 Å². The highest BCUT2D eigenvalue weighted by molar-refractivity contribution is 5.94. The maximum Gasteiger partial charge on any atom is 0.253 e. The van der Waals surface area contributed by atoms with Crippen molar-refractivity contribution in [3.63, 3.8) is 0 Å². The minimum atomic E-state index is 0. The van der Waals surface area contributed by atoms with Gasteiger partial charge >= 0.3 is 0 Å². The summed E-state index contributed by atoms with van der Waals surface area (Å²) >= 11 is 0. The molecule has 0 bridgehead atoms. The number of benzene rings is 1. The molecule has 6 heteroatoms. The number of likely N-dealkylation sites (tertiary alicyclic amines) is 1. The van der Waals surface area contributed by atoms with Crippen LogP contribution in [-0.2, 0) is 4.74 Å². The summed E-state index contributed by atoms with van der Waals surface area (Å²) in [5.74, 6) is 0.947. The molecule has 0 spiro atoms. The Morgan fingerprint density at radius 2 is 1.92 bits per heavy atom. The first kappa shape index (κ1) is 19.0. The fourth-order valence-electron chi connectivity index (χ4n) is 3.24. The number of hydrogen-bond acceptors (Lipinski definition) is 4. The molecule has 24 heavy (non-hydrogen) atoms. The molecule has 1 N–H and O–H groups in total. The van der Waals surface area contributed by atoms with E-state index < -0.39 is 0 Å². The summed E-state index contributed by atoms with van der Waals surface area (Å²) in [7, 11) is 1.96. The summed E-state index contributed by atoms with van der Waals surface area (Å²) in [5.41, 5.74) is 0.737. The van der Waals surface area contributed by atoms with Crippen molar-refractivity contribution in [2.45, 2.75) is 37.8 Å². The Balaban J connectivity index is 0.00000208. The van der Waals surface area contributed by atoms with Crippen molar-refractivity contribution >= 4 is 18.3 Å². The highest BCUT2D eigenvalue weighted by atomic mass is 35.5. The minimum absolute atomic E-state index is 0. The molecule has 1 amide bonds. The van der Waals surface area contributed by atoms with Crippen molar-refractivity contribution < 1.29 is 14.3 Å². The molecule has 1 unspecified atom stereocenters. The summed E-state index contributed by atoms with van der Waals surface area (Å²) in [5, 5.41) is 3.27. The van der Waals surface area contributed by atoms with Crippen LogP contribution in [0, 0.1) is 0 Å². The first-order valence-electron chi connectivity index (χ1n) is 8.57. The number of likely N-dealkylation sites (N-methyl/N-ethyl adjacent to an activating group) is 1. The topological polar surface area (TPSA) is 50.8 Å². The smallest absolute Gasteiger partial charge is 0.253 e. The van der Waals surface area contributed by atoms with E-state index >= 15 is 0 Å². The normalized spacial score (nSPS) is 21.9. The van der Waals surface area contributed by atoms with Gasteiger partial charge in [0, 0.05) is 37.5 Å². The zero-order valence-corrected chi connectivity index (χ0v) is 15.0. The van der Waals surface area contributed by atoms with Gasteiger partial charge in [0.1, 0.15) is 11.9 Å². The third-order valence-electron chi connectivity index (χ3n) is 4.69. The molecule has 0 radical (unpaired) electrons. The Morgan fingerprint density at radius 1 is 1.21 bits per heavy atom. The predicted octanol–water partition coefficient (Wildman–Crippen LogP) is 2.49. The summed E-state index contributed by atoms with van der Waals surface area (Å²) in [6.07, 6.45) is 4.28. The largest absolute Gasteiger partial charge is 0.490 e. The molecule has 2 aliphatic rings. The fourth-order valence-corrected chi connectivity index (χ4v) is 3.24. The van der Waals surface area contributed by atoms with Crippen LogP contribution in [-0.4, -0.2) is 56.3 Å². The van der Waals surface area contributed by atoms with Gasteiger partial charge in [0.15, 0.2) is 0 Å². The zero-order chi connectivity index (χ0) is 16.1. The molecule has 1 aromatic rings. The Kier molecular flexibility index (Phi) is 7.34. The van der Waals surface area contributed by atoms with Gasteiger partial charge in [-0.25, -0.2) is 0 Å². The molecule has 2 aliphatic heterocycles. The zero-order valence-electron chi connectivity index (χ0n) is 14.2. The van der Waals surface area contributed by atoms with E-state index in [9.17, 15) is 4.79 Å². The number of nitrogens with one attached hydrogen (secondary N) is 1. The first-order chi connectivity index (χ1) is 11.3. The SMILES string of the molecule is CNC1CCCN(C(=O)c2ccc(OC3CCOCC3)cc2)C1.Cl. The molecule has 2 fully saturated rings. The standard InChI is InChI=1S/C18H26N2O3.ClH/c1-19-15-3-2-10-20(13-15)18(21)14-4-6-16(7-5-14)23-17-8-11-22-12-9-17;/h4-7,15,17,19H,2-3,8-13H2,1H3;1H. The molecule has 0 aromatic heterocycles. The summed E-state index contributed by atoms with van der Waals surface area (Å²) < 4.78 is 11.3. The number of carbonyl (C=O) groups excluding carboxylic acids is 1. The molecule has 0 aliphatic carbocycles. The fraction of sp³-hybridized carbons (Fsp3) is 0.611. The van der Waals surface area contributed by atoms with Crippen molar-refractivity contribution in [1.29, 1.82) is 0 Å². The van der Waals surface area contributed by atoms with Crippen molar-refractivity contribution in [2.75, 3.05) is 33.4 Å². The van der Waals surface area contributed by atoms with Crippen LogP contribution in [0.2, 0.25) is 0 Å². The lowest BCUT2D eigenvalue weighted by Crippen LogP contribution is -2.46. The number of nitrogens with zero attached hydrogens (tertiary/aromatic N) is 1. The molecule has 5 nitrogen and oxygen atoms in total. The average molecular weight is 355 g/mol. The number of amides is 1. The molecular weight excluding hydrogens is 328 g/mol. The lowest BCUT2D eigenvalue weighted by molar-refractivity contribution is 0.0255. The van der Waals surface area contributed by atoms with Crippen LogP contribution in [0.4, 0.5) is 0 Å². The molecule has 2 heterocycles. The van der Waals surface area contributed by atoms with Crippen molar-refractivity contribution in [1.82, 2.24) is 10.2 Å². The minimum Gasteiger partial charge on any atom is -0.490 e. The highest BCUT2D eigenvalue weighted by Crippen LogP contribution is 2.20. The predicted molar refractivity (Wildman–Crippen MR) is 96.1 cm³/mol. The monoisotopic (exact) mass is 354 g/mol. The van der Waals surface area contributed by atoms with E-state index in [-0.39, 0.29) is 24.4 Å². The quantitative estimate of drug-likeness (QED) is 0.902.